The number of hydrogen-bond donors (Lipinski definition) is 1. The first-order valence-corrected chi connectivity index (χ1v) is 6.70. The number of benzene rings is 1. The van der Waals surface area contributed by atoms with Gasteiger partial charge in [-0.1, -0.05) is 17.3 Å². The number of nitrogens with one attached hydrogen (secondary N) is 1. The van der Waals surface area contributed by atoms with Crippen molar-refractivity contribution in [1.82, 2.24) is 15.5 Å². The number of carbonyl (C=O) groups excluding carboxylic acids is 1. The van der Waals surface area contributed by atoms with E-state index in [4.69, 9.17) is 8.94 Å². The molecule has 0 saturated carbocycles. The molecule has 1 aromatic carbocycles. The Balaban J connectivity index is 1.62. The van der Waals surface area contributed by atoms with Gasteiger partial charge in [-0.05, 0) is 25.5 Å². The highest BCUT2D eigenvalue weighted by Gasteiger charge is 2.12. The van der Waals surface area contributed by atoms with Crippen molar-refractivity contribution in [3.63, 3.8) is 0 Å². The predicted molar refractivity (Wildman–Crippen MR) is 76.0 cm³/mol. The van der Waals surface area contributed by atoms with E-state index in [2.05, 4.69) is 15.5 Å². The van der Waals surface area contributed by atoms with Crippen molar-refractivity contribution in [1.29, 1.82) is 0 Å². The van der Waals surface area contributed by atoms with Gasteiger partial charge in [0.25, 0.3) is 5.91 Å². The molecule has 6 nitrogen and oxygen atoms in total. The highest BCUT2D eigenvalue weighted by molar-refractivity contribution is 5.91. The molecule has 0 saturated heterocycles. The van der Waals surface area contributed by atoms with E-state index in [0.29, 0.717) is 24.6 Å². The van der Waals surface area contributed by atoms with Crippen molar-refractivity contribution < 1.29 is 13.7 Å². The van der Waals surface area contributed by atoms with E-state index in [1.165, 1.54) is 0 Å². The van der Waals surface area contributed by atoms with Crippen LogP contribution in [0.3, 0.4) is 0 Å². The highest BCUT2D eigenvalue weighted by atomic mass is 16.5. The van der Waals surface area contributed by atoms with E-state index >= 15 is 0 Å². The maximum Gasteiger partial charge on any atom is 0.289 e. The summed E-state index contributed by atoms with van der Waals surface area (Å²) < 4.78 is 10.5. The molecule has 0 atom stereocenters. The molecule has 21 heavy (non-hydrogen) atoms. The maximum atomic E-state index is 11.8. The summed E-state index contributed by atoms with van der Waals surface area (Å²) in [7, 11) is 0. The Morgan fingerprint density at radius 2 is 2.19 bits per heavy atom. The van der Waals surface area contributed by atoms with Crippen LogP contribution in [0.4, 0.5) is 0 Å². The fourth-order valence-electron chi connectivity index (χ4n) is 2.08. The fourth-order valence-corrected chi connectivity index (χ4v) is 2.08. The first-order valence-electron chi connectivity index (χ1n) is 6.70. The molecule has 0 fully saturated rings. The molecule has 0 aliphatic heterocycles. The van der Waals surface area contributed by atoms with E-state index in [0.717, 1.165) is 16.7 Å². The monoisotopic (exact) mass is 285 g/mol. The van der Waals surface area contributed by atoms with Crippen molar-refractivity contribution in [2.45, 2.75) is 20.3 Å². The van der Waals surface area contributed by atoms with Crippen molar-refractivity contribution >= 4 is 17.0 Å². The van der Waals surface area contributed by atoms with Gasteiger partial charge in [0.1, 0.15) is 5.52 Å². The van der Waals surface area contributed by atoms with E-state index in [1.807, 2.05) is 25.1 Å². The van der Waals surface area contributed by atoms with Crippen LogP contribution >= 0.6 is 0 Å². The lowest BCUT2D eigenvalue weighted by Gasteiger charge is -1.99. The highest BCUT2D eigenvalue weighted by Crippen LogP contribution is 2.18. The zero-order valence-electron chi connectivity index (χ0n) is 11.8. The maximum absolute atomic E-state index is 11.8. The molecule has 2 aromatic heterocycles. The average molecular weight is 285 g/mol. The molecular weight excluding hydrogens is 270 g/mol. The lowest BCUT2D eigenvalue weighted by Crippen LogP contribution is -2.25. The van der Waals surface area contributed by atoms with Crippen LogP contribution in [0, 0.1) is 13.8 Å². The number of para-hydroxylation sites is 1. The van der Waals surface area contributed by atoms with E-state index < -0.39 is 0 Å². The number of rotatable bonds is 4. The van der Waals surface area contributed by atoms with Gasteiger partial charge in [0, 0.05) is 19.0 Å². The summed E-state index contributed by atoms with van der Waals surface area (Å²) in [5.74, 6) is 0.525. The summed E-state index contributed by atoms with van der Waals surface area (Å²) in [6.45, 7) is 4.17. The fraction of sp³-hybridized carbons (Fsp3) is 0.267. The molecule has 108 valence electrons. The third-order valence-electron chi connectivity index (χ3n) is 3.14. The first kappa shape index (κ1) is 13.4. The van der Waals surface area contributed by atoms with Gasteiger partial charge in [-0.15, -0.1) is 0 Å². The molecule has 2 heterocycles. The number of hydrogen-bond acceptors (Lipinski definition) is 5. The molecule has 0 radical (unpaired) electrons. The molecule has 3 aromatic rings. The van der Waals surface area contributed by atoms with Gasteiger partial charge < -0.3 is 14.3 Å². The number of amides is 1. The minimum Gasteiger partial charge on any atom is -0.441 e. The van der Waals surface area contributed by atoms with Gasteiger partial charge in [-0.3, -0.25) is 4.79 Å². The van der Waals surface area contributed by atoms with Crippen molar-refractivity contribution in [2.75, 3.05) is 6.54 Å². The summed E-state index contributed by atoms with van der Waals surface area (Å²) in [5, 5.41) is 6.42. The van der Waals surface area contributed by atoms with Gasteiger partial charge in [0.05, 0.1) is 5.69 Å². The molecule has 0 aliphatic rings. The summed E-state index contributed by atoms with van der Waals surface area (Å²) >= 11 is 0. The third-order valence-corrected chi connectivity index (χ3v) is 3.14. The van der Waals surface area contributed by atoms with Gasteiger partial charge in [-0.25, -0.2) is 4.98 Å². The van der Waals surface area contributed by atoms with Gasteiger partial charge >= 0.3 is 0 Å². The summed E-state index contributed by atoms with van der Waals surface area (Å²) in [6, 6.07) is 7.40. The normalized spacial score (nSPS) is 11.0. The Morgan fingerprint density at radius 1 is 1.33 bits per heavy atom. The smallest absolute Gasteiger partial charge is 0.289 e. The standard InChI is InChI=1S/C15H15N3O3/c1-9-4-3-5-11-14(9)17-13(20-11)6-7-16-15(19)12-8-10(2)18-21-12/h3-5,8H,6-7H2,1-2H3,(H,16,19). The zero-order chi connectivity index (χ0) is 14.8. The zero-order valence-corrected chi connectivity index (χ0v) is 11.8. The largest absolute Gasteiger partial charge is 0.441 e. The number of carbonyl (C=O) groups is 1. The second-order valence-electron chi connectivity index (χ2n) is 4.87. The Hall–Kier alpha value is -2.63. The molecule has 3 rings (SSSR count). The van der Waals surface area contributed by atoms with Crippen LogP contribution in [0.2, 0.25) is 0 Å². The first-order chi connectivity index (χ1) is 10.1. The Morgan fingerprint density at radius 3 is 2.90 bits per heavy atom. The molecule has 0 bridgehead atoms. The summed E-state index contributed by atoms with van der Waals surface area (Å²) in [5.41, 5.74) is 3.38. The van der Waals surface area contributed by atoms with Crippen LogP contribution in [0.15, 0.2) is 33.2 Å². The van der Waals surface area contributed by atoms with Crippen LogP contribution in [0.25, 0.3) is 11.1 Å². The summed E-state index contributed by atoms with van der Waals surface area (Å²) in [4.78, 5) is 16.2. The van der Waals surface area contributed by atoms with Crippen molar-refractivity contribution in [3.8, 4) is 0 Å². The molecule has 0 unspecified atom stereocenters. The Labute approximate surface area is 121 Å². The van der Waals surface area contributed by atoms with Crippen LogP contribution in [-0.2, 0) is 6.42 Å². The molecule has 0 aliphatic carbocycles. The number of aromatic nitrogens is 2. The van der Waals surface area contributed by atoms with E-state index in [9.17, 15) is 4.79 Å². The van der Waals surface area contributed by atoms with Gasteiger partial charge in [0.2, 0.25) is 5.76 Å². The van der Waals surface area contributed by atoms with E-state index in [-0.39, 0.29) is 11.7 Å². The minimum absolute atomic E-state index is 0.209. The lowest BCUT2D eigenvalue weighted by atomic mass is 10.2. The average Bonchev–Trinajstić information content (AvgIpc) is 3.05. The SMILES string of the molecule is Cc1cc(C(=O)NCCc2nc3c(C)cccc3o2)on1. The third kappa shape index (κ3) is 2.79. The predicted octanol–water partition coefficient (Wildman–Crippen LogP) is 2.41. The molecule has 1 N–H and O–H groups in total. The quantitative estimate of drug-likeness (QED) is 0.796. The van der Waals surface area contributed by atoms with Crippen LogP contribution in [-0.4, -0.2) is 22.6 Å². The van der Waals surface area contributed by atoms with Crippen LogP contribution in [0.1, 0.15) is 27.7 Å². The Bertz CT molecular complexity index is 788. The number of fused-ring (bicyclic) bond motifs is 1. The lowest BCUT2D eigenvalue weighted by molar-refractivity contribution is 0.0916. The number of nitrogens with zero attached hydrogens (tertiary/aromatic N) is 2. The van der Waals surface area contributed by atoms with Crippen LogP contribution < -0.4 is 5.32 Å². The molecule has 6 heteroatoms. The second-order valence-corrected chi connectivity index (χ2v) is 4.87. The van der Waals surface area contributed by atoms with E-state index in [1.54, 1.807) is 13.0 Å². The molecular formula is C15H15N3O3. The molecule has 1 amide bonds. The van der Waals surface area contributed by atoms with Gasteiger partial charge in [0.15, 0.2) is 11.5 Å². The topological polar surface area (TPSA) is 81.2 Å². The van der Waals surface area contributed by atoms with Crippen LogP contribution in [0.5, 0.6) is 0 Å². The van der Waals surface area contributed by atoms with Gasteiger partial charge in [-0.2, -0.15) is 0 Å². The summed E-state index contributed by atoms with van der Waals surface area (Å²) in [6.07, 6.45) is 0.521. The molecule has 0 spiro atoms. The Kier molecular flexibility index (Phi) is 3.43. The number of oxazole rings is 1. The van der Waals surface area contributed by atoms with Crippen molar-refractivity contribution in [3.05, 3.63) is 47.2 Å². The van der Waals surface area contributed by atoms with Crippen molar-refractivity contribution in [2.24, 2.45) is 0 Å². The minimum atomic E-state index is -0.289. The second kappa shape index (κ2) is 5.40. The number of aryl methyl sites for hydroxylation is 2.